The van der Waals surface area contributed by atoms with Crippen LogP contribution in [0.3, 0.4) is 0 Å². The highest BCUT2D eigenvalue weighted by molar-refractivity contribution is 9.10. The van der Waals surface area contributed by atoms with Gasteiger partial charge in [-0.2, -0.15) is 5.10 Å². The molecule has 3 rings (SSSR count). The van der Waals surface area contributed by atoms with Crippen LogP contribution in [0.1, 0.15) is 15.9 Å². The van der Waals surface area contributed by atoms with E-state index in [0.29, 0.717) is 22.7 Å². The van der Waals surface area contributed by atoms with Crippen molar-refractivity contribution in [3.8, 4) is 11.5 Å². The maximum absolute atomic E-state index is 11.4. The van der Waals surface area contributed by atoms with Gasteiger partial charge in [-0.3, -0.25) is 4.68 Å². The highest BCUT2D eigenvalue weighted by Gasteiger charge is 2.19. The van der Waals surface area contributed by atoms with Crippen LogP contribution >= 0.6 is 15.9 Å². The van der Waals surface area contributed by atoms with Gasteiger partial charge in [0.2, 0.25) is 0 Å². The standard InChI is InChI=1S/C15H11BrN2O3/c16-13-7-6-12(21-13)14-11(15(19)20)9-18(17-14)8-10-4-2-1-3-5-10/h1-7,9H,8H2,(H,19,20). The molecule has 0 radical (unpaired) electrons. The number of carbonyl (C=O) groups is 1. The van der Waals surface area contributed by atoms with Gasteiger partial charge in [0.25, 0.3) is 0 Å². The van der Waals surface area contributed by atoms with E-state index in [4.69, 9.17) is 4.42 Å². The van der Waals surface area contributed by atoms with Crippen molar-refractivity contribution < 1.29 is 14.3 Å². The lowest BCUT2D eigenvalue weighted by Gasteiger charge is -2.00. The Balaban J connectivity index is 1.99. The molecular weight excluding hydrogens is 336 g/mol. The van der Waals surface area contributed by atoms with Crippen LogP contribution in [-0.4, -0.2) is 20.9 Å². The minimum atomic E-state index is -1.03. The predicted octanol–water partition coefficient (Wildman–Crippen LogP) is 3.65. The molecule has 2 aromatic heterocycles. The zero-order valence-corrected chi connectivity index (χ0v) is 12.4. The molecule has 0 spiro atoms. The lowest BCUT2D eigenvalue weighted by molar-refractivity contribution is 0.0697. The molecule has 0 amide bonds. The molecule has 0 aliphatic rings. The van der Waals surface area contributed by atoms with Crippen LogP contribution in [0.2, 0.25) is 0 Å². The minimum absolute atomic E-state index is 0.118. The summed E-state index contributed by atoms with van der Waals surface area (Å²) < 4.78 is 7.54. The molecule has 0 atom stereocenters. The third kappa shape index (κ3) is 2.90. The summed E-state index contributed by atoms with van der Waals surface area (Å²) in [5.74, 6) is -0.608. The fraction of sp³-hybridized carbons (Fsp3) is 0.0667. The average Bonchev–Trinajstić information content (AvgIpc) is 3.06. The molecule has 0 aliphatic heterocycles. The van der Waals surface area contributed by atoms with Crippen LogP contribution in [0.15, 0.2) is 57.7 Å². The van der Waals surface area contributed by atoms with E-state index in [0.717, 1.165) is 5.56 Å². The van der Waals surface area contributed by atoms with E-state index in [1.807, 2.05) is 30.3 Å². The third-order valence-electron chi connectivity index (χ3n) is 2.99. The maximum atomic E-state index is 11.4. The molecule has 1 aromatic carbocycles. The van der Waals surface area contributed by atoms with Crippen LogP contribution in [0.4, 0.5) is 0 Å². The molecule has 1 N–H and O–H groups in total. The Kier molecular flexibility index (Phi) is 3.62. The van der Waals surface area contributed by atoms with Crippen molar-refractivity contribution in [2.24, 2.45) is 0 Å². The summed E-state index contributed by atoms with van der Waals surface area (Å²) in [4.78, 5) is 11.4. The van der Waals surface area contributed by atoms with Crippen LogP contribution in [0, 0.1) is 0 Å². The second-order valence-electron chi connectivity index (χ2n) is 4.48. The van der Waals surface area contributed by atoms with E-state index in [-0.39, 0.29) is 5.56 Å². The predicted molar refractivity (Wildman–Crippen MR) is 80.1 cm³/mol. The highest BCUT2D eigenvalue weighted by Crippen LogP contribution is 2.27. The number of carboxylic acid groups (broad SMARTS) is 1. The number of aromatic carboxylic acids is 1. The van der Waals surface area contributed by atoms with Crippen molar-refractivity contribution in [1.82, 2.24) is 9.78 Å². The number of hydrogen-bond acceptors (Lipinski definition) is 3. The first-order chi connectivity index (χ1) is 10.1. The Bertz CT molecular complexity index is 777. The third-order valence-corrected chi connectivity index (χ3v) is 3.41. The van der Waals surface area contributed by atoms with E-state index < -0.39 is 5.97 Å². The number of rotatable bonds is 4. The summed E-state index contributed by atoms with van der Waals surface area (Å²) >= 11 is 3.20. The van der Waals surface area contributed by atoms with E-state index >= 15 is 0 Å². The molecule has 0 fully saturated rings. The molecule has 2 heterocycles. The molecule has 3 aromatic rings. The summed E-state index contributed by atoms with van der Waals surface area (Å²) in [6.07, 6.45) is 1.51. The summed E-state index contributed by atoms with van der Waals surface area (Å²) in [6, 6.07) is 13.1. The van der Waals surface area contributed by atoms with E-state index in [1.54, 1.807) is 16.8 Å². The fourth-order valence-electron chi connectivity index (χ4n) is 2.05. The molecule has 6 heteroatoms. The van der Waals surface area contributed by atoms with Crippen LogP contribution in [0.25, 0.3) is 11.5 Å². The zero-order chi connectivity index (χ0) is 14.8. The summed E-state index contributed by atoms with van der Waals surface area (Å²) in [5, 5.41) is 13.6. The molecule has 0 bridgehead atoms. The molecule has 0 aliphatic carbocycles. The Morgan fingerprint density at radius 1 is 1.24 bits per heavy atom. The van der Waals surface area contributed by atoms with Crippen molar-refractivity contribution in [2.45, 2.75) is 6.54 Å². The molecule has 0 saturated carbocycles. The summed E-state index contributed by atoms with van der Waals surface area (Å²) in [7, 11) is 0. The number of furan rings is 1. The second kappa shape index (κ2) is 5.57. The number of aromatic nitrogens is 2. The normalized spacial score (nSPS) is 10.7. The van der Waals surface area contributed by atoms with Crippen molar-refractivity contribution in [1.29, 1.82) is 0 Å². The van der Waals surface area contributed by atoms with Gasteiger partial charge in [0.05, 0.1) is 6.54 Å². The van der Waals surface area contributed by atoms with Crippen molar-refractivity contribution in [2.75, 3.05) is 0 Å². The number of halogens is 1. The van der Waals surface area contributed by atoms with Gasteiger partial charge in [-0.15, -0.1) is 0 Å². The van der Waals surface area contributed by atoms with Gasteiger partial charge in [0, 0.05) is 6.20 Å². The first-order valence-corrected chi connectivity index (χ1v) is 7.03. The summed E-state index contributed by atoms with van der Waals surface area (Å²) in [5.41, 5.74) is 1.49. The Hall–Kier alpha value is -2.34. The Labute approximate surface area is 129 Å². The van der Waals surface area contributed by atoms with E-state index in [2.05, 4.69) is 21.0 Å². The lowest BCUT2D eigenvalue weighted by atomic mass is 10.2. The summed E-state index contributed by atoms with van der Waals surface area (Å²) in [6.45, 7) is 0.503. The number of hydrogen-bond donors (Lipinski definition) is 1. The molecular formula is C15H11BrN2O3. The van der Waals surface area contributed by atoms with E-state index in [9.17, 15) is 9.90 Å². The van der Waals surface area contributed by atoms with Crippen LogP contribution < -0.4 is 0 Å². The van der Waals surface area contributed by atoms with Crippen molar-refractivity contribution >= 4 is 21.9 Å². The van der Waals surface area contributed by atoms with Crippen LogP contribution in [-0.2, 0) is 6.54 Å². The number of carboxylic acids is 1. The van der Waals surface area contributed by atoms with Gasteiger partial charge >= 0.3 is 5.97 Å². The second-order valence-corrected chi connectivity index (χ2v) is 5.27. The molecule has 0 saturated heterocycles. The smallest absolute Gasteiger partial charge is 0.339 e. The monoisotopic (exact) mass is 346 g/mol. The molecule has 106 valence electrons. The molecule has 0 unspecified atom stereocenters. The van der Waals surface area contributed by atoms with Gasteiger partial charge < -0.3 is 9.52 Å². The topological polar surface area (TPSA) is 68.3 Å². The van der Waals surface area contributed by atoms with Crippen molar-refractivity contribution in [3.05, 3.63) is 64.5 Å². The fourth-order valence-corrected chi connectivity index (χ4v) is 2.36. The minimum Gasteiger partial charge on any atom is -0.478 e. The van der Waals surface area contributed by atoms with Crippen LogP contribution in [0.5, 0.6) is 0 Å². The molecule has 21 heavy (non-hydrogen) atoms. The van der Waals surface area contributed by atoms with Gasteiger partial charge in [-0.05, 0) is 33.6 Å². The quantitative estimate of drug-likeness (QED) is 0.782. The maximum Gasteiger partial charge on any atom is 0.339 e. The average molecular weight is 347 g/mol. The van der Waals surface area contributed by atoms with Gasteiger partial charge in [0.15, 0.2) is 10.4 Å². The largest absolute Gasteiger partial charge is 0.478 e. The first kappa shape index (κ1) is 13.6. The van der Waals surface area contributed by atoms with Gasteiger partial charge in [-0.25, -0.2) is 4.79 Å². The zero-order valence-electron chi connectivity index (χ0n) is 10.9. The lowest BCUT2D eigenvalue weighted by Crippen LogP contribution is -2.00. The molecule has 5 nitrogen and oxygen atoms in total. The Morgan fingerprint density at radius 2 is 2.00 bits per heavy atom. The first-order valence-electron chi connectivity index (χ1n) is 6.24. The van der Waals surface area contributed by atoms with Gasteiger partial charge in [0.1, 0.15) is 11.3 Å². The van der Waals surface area contributed by atoms with Crippen molar-refractivity contribution in [3.63, 3.8) is 0 Å². The Morgan fingerprint density at radius 3 is 2.62 bits per heavy atom. The van der Waals surface area contributed by atoms with E-state index in [1.165, 1.54) is 6.20 Å². The highest BCUT2D eigenvalue weighted by atomic mass is 79.9. The number of nitrogens with zero attached hydrogens (tertiary/aromatic N) is 2. The number of benzene rings is 1. The van der Waals surface area contributed by atoms with Gasteiger partial charge in [-0.1, -0.05) is 30.3 Å². The SMILES string of the molecule is O=C(O)c1cn(Cc2ccccc2)nc1-c1ccc(Br)o1.